The summed E-state index contributed by atoms with van der Waals surface area (Å²) in [4.78, 5) is 2.24. The van der Waals surface area contributed by atoms with Gasteiger partial charge in [0.15, 0.2) is 0 Å². The van der Waals surface area contributed by atoms with E-state index in [1.165, 1.54) is 12.8 Å². The van der Waals surface area contributed by atoms with Gasteiger partial charge in [-0.3, -0.25) is 4.90 Å². The topological polar surface area (TPSA) is 37.6 Å². The van der Waals surface area contributed by atoms with Crippen LogP contribution < -0.4 is 5.32 Å². The van der Waals surface area contributed by atoms with Crippen LogP contribution in [0.15, 0.2) is 16.5 Å². The van der Waals surface area contributed by atoms with Crippen molar-refractivity contribution in [3.8, 4) is 0 Å². The molecule has 0 radical (unpaired) electrons. The van der Waals surface area contributed by atoms with Crippen LogP contribution in [0.25, 0.3) is 0 Å². The fourth-order valence-electron chi connectivity index (χ4n) is 1.90. The van der Waals surface area contributed by atoms with Crippen molar-refractivity contribution in [3.63, 3.8) is 0 Å². The van der Waals surface area contributed by atoms with E-state index in [1.807, 2.05) is 0 Å². The molecular formula is C14H24N2O2. The molecule has 102 valence electrons. The van der Waals surface area contributed by atoms with Crippen LogP contribution in [0.1, 0.15) is 31.3 Å². The second-order valence-electron chi connectivity index (χ2n) is 5.24. The lowest BCUT2D eigenvalue weighted by molar-refractivity contribution is 0.107. The van der Waals surface area contributed by atoms with Crippen LogP contribution in [0, 0.1) is 0 Å². The van der Waals surface area contributed by atoms with Crippen LogP contribution in [0.4, 0.5) is 0 Å². The fourth-order valence-corrected chi connectivity index (χ4v) is 1.90. The largest absolute Gasteiger partial charge is 0.463 e. The second kappa shape index (κ2) is 6.36. The summed E-state index contributed by atoms with van der Waals surface area (Å²) in [5.74, 6) is 2.05. The summed E-state index contributed by atoms with van der Waals surface area (Å²) in [6.07, 6.45) is 2.62. The fraction of sp³-hybridized carbons (Fsp3) is 0.714. The zero-order valence-corrected chi connectivity index (χ0v) is 11.6. The highest BCUT2D eigenvalue weighted by atomic mass is 16.5. The molecule has 1 unspecified atom stereocenters. The van der Waals surface area contributed by atoms with Crippen LogP contribution in [0.3, 0.4) is 0 Å². The predicted molar refractivity (Wildman–Crippen MR) is 71.4 cm³/mol. The molecule has 18 heavy (non-hydrogen) atoms. The van der Waals surface area contributed by atoms with E-state index >= 15 is 0 Å². The number of nitrogens with zero attached hydrogens (tertiary/aromatic N) is 1. The third-order valence-corrected chi connectivity index (χ3v) is 3.43. The number of hydrogen-bond acceptors (Lipinski definition) is 4. The number of hydrogen-bond donors (Lipinski definition) is 1. The first-order valence-electron chi connectivity index (χ1n) is 6.69. The van der Waals surface area contributed by atoms with Crippen LogP contribution in [0.5, 0.6) is 0 Å². The van der Waals surface area contributed by atoms with E-state index in [4.69, 9.17) is 9.15 Å². The maximum Gasteiger partial charge on any atom is 0.118 e. The molecule has 1 aromatic heterocycles. The molecule has 2 rings (SSSR count). The second-order valence-corrected chi connectivity index (χ2v) is 5.24. The summed E-state index contributed by atoms with van der Waals surface area (Å²) >= 11 is 0. The van der Waals surface area contributed by atoms with Gasteiger partial charge in [0.25, 0.3) is 0 Å². The van der Waals surface area contributed by atoms with Crippen molar-refractivity contribution < 1.29 is 9.15 Å². The van der Waals surface area contributed by atoms with E-state index in [1.54, 1.807) is 7.11 Å². The molecule has 1 fully saturated rings. The van der Waals surface area contributed by atoms with Crippen molar-refractivity contribution in [2.75, 3.05) is 20.8 Å². The molecule has 1 aliphatic carbocycles. The quantitative estimate of drug-likeness (QED) is 0.768. The SMILES string of the molecule is COCC(C)N(C)Cc1ccc(CNC2CC2)o1. The Kier molecular flexibility index (Phi) is 4.80. The summed E-state index contributed by atoms with van der Waals surface area (Å²) in [5.41, 5.74) is 0. The first-order valence-corrected chi connectivity index (χ1v) is 6.69. The molecule has 1 aliphatic rings. The summed E-state index contributed by atoms with van der Waals surface area (Å²) in [7, 11) is 3.83. The molecule has 0 amide bonds. The molecule has 0 spiro atoms. The number of methoxy groups -OCH3 is 1. The zero-order chi connectivity index (χ0) is 13.0. The van der Waals surface area contributed by atoms with E-state index in [2.05, 4.69) is 36.3 Å². The highest BCUT2D eigenvalue weighted by Gasteiger charge is 2.20. The van der Waals surface area contributed by atoms with Gasteiger partial charge in [0.1, 0.15) is 11.5 Å². The number of furan rings is 1. The Morgan fingerprint density at radius 2 is 2.17 bits per heavy atom. The Balaban J connectivity index is 1.77. The third kappa shape index (κ3) is 4.12. The van der Waals surface area contributed by atoms with E-state index in [0.29, 0.717) is 6.04 Å². The Morgan fingerprint density at radius 3 is 2.83 bits per heavy atom. The van der Waals surface area contributed by atoms with Gasteiger partial charge in [0.05, 0.1) is 19.7 Å². The molecule has 0 aromatic carbocycles. The zero-order valence-electron chi connectivity index (χ0n) is 11.6. The lowest BCUT2D eigenvalue weighted by atomic mass is 10.3. The molecule has 1 aromatic rings. The lowest BCUT2D eigenvalue weighted by Crippen LogP contribution is -2.31. The van der Waals surface area contributed by atoms with Crippen LogP contribution in [-0.2, 0) is 17.8 Å². The van der Waals surface area contributed by atoms with Crippen molar-refractivity contribution in [1.29, 1.82) is 0 Å². The van der Waals surface area contributed by atoms with Gasteiger partial charge in [0, 0.05) is 19.2 Å². The smallest absolute Gasteiger partial charge is 0.118 e. The average molecular weight is 252 g/mol. The summed E-state index contributed by atoms with van der Waals surface area (Å²) < 4.78 is 11.0. The van der Waals surface area contributed by atoms with Crippen LogP contribution in [0.2, 0.25) is 0 Å². The van der Waals surface area contributed by atoms with Crippen molar-refractivity contribution in [2.45, 2.75) is 44.9 Å². The number of rotatable bonds is 8. The Morgan fingerprint density at radius 1 is 1.44 bits per heavy atom. The summed E-state index contributed by atoms with van der Waals surface area (Å²) in [5, 5.41) is 3.46. The van der Waals surface area contributed by atoms with E-state index in [9.17, 15) is 0 Å². The van der Waals surface area contributed by atoms with Gasteiger partial charge in [-0.25, -0.2) is 0 Å². The summed E-state index contributed by atoms with van der Waals surface area (Å²) in [6.45, 7) is 4.57. The van der Waals surface area contributed by atoms with Gasteiger partial charge >= 0.3 is 0 Å². The van der Waals surface area contributed by atoms with Gasteiger partial charge in [-0.1, -0.05) is 0 Å². The molecule has 1 N–H and O–H groups in total. The van der Waals surface area contributed by atoms with Crippen molar-refractivity contribution >= 4 is 0 Å². The Bertz CT molecular complexity index is 360. The van der Waals surface area contributed by atoms with Crippen LogP contribution >= 0.6 is 0 Å². The van der Waals surface area contributed by atoms with Gasteiger partial charge in [-0.05, 0) is 38.9 Å². The average Bonchev–Trinajstić information content (AvgIpc) is 3.08. The predicted octanol–water partition coefficient (Wildman–Crippen LogP) is 2.00. The molecule has 4 nitrogen and oxygen atoms in total. The number of nitrogens with one attached hydrogen (secondary N) is 1. The monoisotopic (exact) mass is 252 g/mol. The van der Waals surface area contributed by atoms with E-state index in [0.717, 1.165) is 37.3 Å². The normalized spacial score (nSPS) is 17.3. The minimum Gasteiger partial charge on any atom is -0.463 e. The molecule has 0 saturated heterocycles. The minimum atomic E-state index is 0.396. The van der Waals surface area contributed by atoms with E-state index < -0.39 is 0 Å². The maximum atomic E-state index is 5.82. The summed E-state index contributed by atoms with van der Waals surface area (Å²) in [6, 6.07) is 5.26. The van der Waals surface area contributed by atoms with Crippen molar-refractivity contribution in [1.82, 2.24) is 10.2 Å². The minimum absolute atomic E-state index is 0.396. The first kappa shape index (κ1) is 13.6. The van der Waals surface area contributed by atoms with Crippen molar-refractivity contribution in [3.05, 3.63) is 23.7 Å². The third-order valence-electron chi connectivity index (χ3n) is 3.43. The lowest BCUT2D eigenvalue weighted by Gasteiger charge is -2.22. The molecule has 1 saturated carbocycles. The molecule has 0 aliphatic heterocycles. The van der Waals surface area contributed by atoms with Crippen LogP contribution in [-0.4, -0.2) is 37.7 Å². The van der Waals surface area contributed by atoms with Gasteiger partial charge < -0.3 is 14.5 Å². The molecular weight excluding hydrogens is 228 g/mol. The number of likely N-dealkylation sites (N-methyl/N-ethyl adjacent to an activating group) is 1. The highest BCUT2D eigenvalue weighted by molar-refractivity contribution is 5.07. The molecule has 4 heteroatoms. The molecule has 0 bridgehead atoms. The Hall–Kier alpha value is -0.840. The standard InChI is InChI=1S/C14H24N2O2/c1-11(10-17-3)16(2)9-14-7-6-13(18-14)8-15-12-4-5-12/h6-7,11-12,15H,4-5,8-10H2,1-3H3. The first-order chi connectivity index (χ1) is 8.69. The maximum absolute atomic E-state index is 5.82. The van der Waals surface area contributed by atoms with Crippen molar-refractivity contribution in [2.24, 2.45) is 0 Å². The van der Waals surface area contributed by atoms with Gasteiger partial charge in [0.2, 0.25) is 0 Å². The van der Waals surface area contributed by atoms with Gasteiger partial charge in [-0.15, -0.1) is 0 Å². The Labute approximate surface area is 109 Å². The molecule has 1 heterocycles. The number of ether oxygens (including phenoxy) is 1. The van der Waals surface area contributed by atoms with Gasteiger partial charge in [-0.2, -0.15) is 0 Å². The highest BCUT2D eigenvalue weighted by Crippen LogP contribution is 2.20. The molecule has 1 atom stereocenters. The van der Waals surface area contributed by atoms with E-state index in [-0.39, 0.29) is 0 Å².